The first-order valence-electron chi connectivity index (χ1n) is 4.64. The van der Waals surface area contributed by atoms with Gasteiger partial charge in [0, 0.05) is 6.54 Å². The average molecular weight is 170 g/mol. The van der Waals surface area contributed by atoms with Gasteiger partial charge in [-0.15, -0.1) is 0 Å². The van der Waals surface area contributed by atoms with Gasteiger partial charge in [-0.1, -0.05) is 13.8 Å². The normalized spacial score (nSPS) is 25.1. The summed E-state index contributed by atoms with van der Waals surface area (Å²) in [5.74, 6) is 0.457. The van der Waals surface area contributed by atoms with E-state index in [9.17, 15) is 4.79 Å². The molecule has 0 aromatic heterocycles. The Labute approximate surface area is 73.9 Å². The third kappa shape index (κ3) is 2.21. The summed E-state index contributed by atoms with van der Waals surface area (Å²) in [6.07, 6.45) is 2.06. The van der Waals surface area contributed by atoms with Gasteiger partial charge in [-0.2, -0.15) is 0 Å². The van der Waals surface area contributed by atoms with Crippen LogP contribution in [-0.4, -0.2) is 29.9 Å². The third-order valence-corrected chi connectivity index (χ3v) is 2.29. The van der Waals surface area contributed by atoms with Crippen molar-refractivity contribution in [3.63, 3.8) is 0 Å². The van der Waals surface area contributed by atoms with Crippen molar-refractivity contribution >= 4 is 5.91 Å². The number of amides is 1. The van der Waals surface area contributed by atoms with E-state index in [-0.39, 0.29) is 11.9 Å². The number of primary amides is 1. The molecule has 2 N–H and O–H groups in total. The van der Waals surface area contributed by atoms with Gasteiger partial charge in [-0.3, -0.25) is 9.69 Å². The second kappa shape index (κ2) is 3.90. The lowest BCUT2D eigenvalue weighted by atomic mass is 10.1. The Kier molecular flexibility index (Phi) is 3.09. The molecule has 0 aromatic rings. The zero-order valence-electron chi connectivity index (χ0n) is 7.92. The molecule has 1 heterocycles. The molecule has 0 aliphatic carbocycles. The van der Waals surface area contributed by atoms with E-state index in [0.29, 0.717) is 5.92 Å². The fourth-order valence-electron chi connectivity index (χ4n) is 1.84. The Morgan fingerprint density at radius 1 is 1.67 bits per heavy atom. The van der Waals surface area contributed by atoms with Crippen LogP contribution in [0.4, 0.5) is 0 Å². The SMILES string of the molecule is CC(C)CN1CCC[C@@H]1C(N)=O. The number of nitrogens with two attached hydrogens (primary N) is 1. The summed E-state index contributed by atoms with van der Waals surface area (Å²) in [5, 5.41) is 0. The highest BCUT2D eigenvalue weighted by molar-refractivity contribution is 5.80. The van der Waals surface area contributed by atoms with Crippen LogP contribution in [0.1, 0.15) is 26.7 Å². The van der Waals surface area contributed by atoms with Gasteiger partial charge in [-0.25, -0.2) is 0 Å². The molecule has 1 amide bonds. The molecule has 12 heavy (non-hydrogen) atoms. The van der Waals surface area contributed by atoms with Gasteiger partial charge in [-0.05, 0) is 25.3 Å². The van der Waals surface area contributed by atoms with Crippen LogP contribution in [0.5, 0.6) is 0 Å². The second-order valence-electron chi connectivity index (χ2n) is 3.95. The maximum absolute atomic E-state index is 11.0. The van der Waals surface area contributed by atoms with Crippen LogP contribution in [0.15, 0.2) is 0 Å². The molecule has 0 spiro atoms. The molecule has 1 rings (SSSR count). The standard InChI is InChI=1S/C9H18N2O/c1-7(2)6-11-5-3-4-8(11)9(10)12/h7-8H,3-6H2,1-2H3,(H2,10,12)/t8-/m1/s1. The Morgan fingerprint density at radius 2 is 2.33 bits per heavy atom. The summed E-state index contributed by atoms with van der Waals surface area (Å²) in [5.41, 5.74) is 5.28. The van der Waals surface area contributed by atoms with Crippen molar-refractivity contribution in [3.8, 4) is 0 Å². The molecular weight excluding hydrogens is 152 g/mol. The average Bonchev–Trinajstić information content (AvgIpc) is 2.33. The van der Waals surface area contributed by atoms with E-state index >= 15 is 0 Å². The van der Waals surface area contributed by atoms with Crippen LogP contribution in [0, 0.1) is 5.92 Å². The first kappa shape index (κ1) is 9.52. The molecule has 1 atom stereocenters. The number of carbonyl (C=O) groups is 1. The first-order valence-corrected chi connectivity index (χ1v) is 4.64. The van der Waals surface area contributed by atoms with E-state index in [2.05, 4.69) is 18.7 Å². The summed E-state index contributed by atoms with van der Waals surface area (Å²) in [7, 11) is 0. The molecular formula is C9H18N2O. The smallest absolute Gasteiger partial charge is 0.234 e. The van der Waals surface area contributed by atoms with Crippen molar-refractivity contribution in [1.82, 2.24) is 4.90 Å². The van der Waals surface area contributed by atoms with E-state index in [0.717, 1.165) is 25.9 Å². The molecule has 70 valence electrons. The predicted molar refractivity (Wildman–Crippen MR) is 48.6 cm³/mol. The van der Waals surface area contributed by atoms with Crippen molar-refractivity contribution in [3.05, 3.63) is 0 Å². The molecule has 0 saturated carbocycles. The molecule has 3 heteroatoms. The molecule has 3 nitrogen and oxygen atoms in total. The highest BCUT2D eigenvalue weighted by atomic mass is 16.1. The summed E-state index contributed by atoms with van der Waals surface area (Å²) in [4.78, 5) is 13.2. The highest BCUT2D eigenvalue weighted by Crippen LogP contribution is 2.17. The Balaban J connectivity index is 2.46. The molecule has 1 aliphatic heterocycles. The number of likely N-dealkylation sites (tertiary alicyclic amines) is 1. The van der Waals surface area contributed by atoms with E-state index in [1.807, 2.05) is 0 Å². The van der Waals surface area contributed by atoms with E-state index in [1.165, 1.54) is 0 Å². The van der Waals surface area contributed by atoms with Crippen LogP contribution in [0.3, 0.4) is 0 Å². The van der Waals surface area contributed by atoms with Crippen molar-refractivity contribution < 1.29 is 4.79 Å². The highest BCUT2D eigenvalue weighted by Gasteiger charge is 2.28. The van der Waals surface area contributed by atoms with E-state index < -0.39 is 0 Å². The van der Waals surface area contributed by atoms with Crippen LogP contribution in [0.2, 0.25) is 0 Å². The Bertz CT molecular complexity index is 168. The topological polar surface area (TPSA) is 46.3 Å². The molecule has 1 fully saturated rings. The summed E-state index contributed by atoms with van der Waals surface area (Å²) in [6, 6.07) is 0.00685. The second-order valence-corrected chi connectivity index (χ2v) is 3.95. The van der Waals surface area contributed by atoms with Crippen LogP contribution in [-0.2, 0) is 4.79 Å². The van der Waals surface area contributed by atoms with Gasteiger partial charge in [0.2, 0.25) is 5.91 Å². The lowest BCUT2D eigenvalue weighted by molar-refractivity contribution is -0.122. The Morgan fingerprint density at radius 3 is 2.83 bits per heavy atom. The van der Waals surface area contributed by atoms with Crippen molar-refractivity contribution in [2.45, 2.75) is 32.7 Å². The number of hydrogen-bond donors (Lipinski definition) is 1. The van der Waals surface area contributed by atoms with Crippen LogP contribution in [0.25, 0.3) is 0 Å². The van der Waals surface area contributed by atoms with Crippen LogP contribution < -0.4 is 5.73 Å². The molecule has 0 bridgehead atoms. The quantitative estimate of drug-likeness (QED) is 0.674. The van der Waals surface area contributed by atoms with E-state index in [4.69, 9.17) is 5.73 Å². The van der Waals surface area contributed by atoms with Gasteiger partial charge < -0.3 is 5.73 Å². The minimum Gasteiger partial charge on any atom is -0.368 e. The predicted octanol–water partition coefficient (Wildman–Crippen LogP) is 0.592. The van der Waals surface area contributed by atoms with Gasteiger partial charge in [0.1, 0.15) is 0 Å². The van der Waals surface area contributed by atoms with Gasteiger partial charge in [0.05, 0.1) is 6.04 Å². The maximum Gasteiger partial charge on any atom is 0.234 e. The van der Waals surface area contributed by atoms with Gasteiger partial charge in [0.15, 0.2) is 0 Å². The summed E-state index contributed by atoms with van der Waals surface area (Å²) < 4.78 is 0. The minimum atomic E-state index is -0.159. The zero-order chi connectivity index (χ0) is 9.14. The van der Waals surface area contributed by atoms with Crippen molar-refractivity contribution in [1.29, 1.82) is 0 Å². The zero-order valence-corrected chi connectivity index (χ0v) is 7.92. The molecule has 0 unspecified atom stereocenters. The fraction of sp³-hybridized carbons (Fsp3) is 0.889. The summed E-state index contributed by atoms with van der Waals surface area (Å²) >= 11 is 0. The molecule has 1 saturated heterocycles. The fourth-order valence-corrected chi connectivity index (χ4v) is 1.84. The molecule has 0 aromatic carbocycles. The Hall–Kier alpha value is -0.570. The number of nitrogens with zero attached hydrogens (tertiary/aromatic N) is 1. The number of carbonyl (C=O) groups excluding carboxylic acids is 1. The lowest BCUT2D eigenvalue weighted by Gasteiger charge is -2.23. The van der Waals surface area contributed by atoms with Crippen LogP contribution >= 0.6 is 0 Å². The monoisotopic (exact) mass is 170 g/mol. The van der Waals surface area contributed by atoms with Gasteiger partial charge in [0.25, 0.3) is 0 Å². The van der Waals surface area contributed by atoms with Gasteiger partial charge >= 0.3 is 0 Å². The van der Waals surface area contributed by atoms with Crippen molar-refractivity contribution in [2.24, 2.45) is 11.7 Å². The third-order valence-electron chi connectivity index (χ3n) is 2.29. The maximum atomic E-state index is 11.0. The summed E-state index contributed by atoms with van der Waals surface area (Å²) in [6.45, 7) is 6.35. The molecule has 0 radical (unpaired) electrons. The number of hydrogen-bond acceptors (Lipinski definition) is 2. The van der Waals surface area contributed by atoms with E-state index in [1.54, 1.807) is 0 Å². The minimum absolute atomic E-state index is 0.00685. The number of rotatable bonds is 3. The largest absolute Gasteiger partial charge is 0.368 e. The lowest BCUT2D eigenvalue weighted by Crippen LogP contribution is -2.41. The molecule has 1 aliphatic rings. The van der Waals surface area contributed by atoms with Crippen molar-refractivity contribution in [2.75, 3.05) is 13.1 Å². The first-order chi connectivity index (χ1) is 5.61.